The van der Waals surface area contributed by atoms with E-state index in [0.29, 0.717) is 37.4 Å². The third kappa shape index (κ3) is 4.37. The maximum Gasteiger partial charge on any atom is 0.410 e. The van der Waals surface area contributed by atoms with E-state index in [1.54, 1.807) is 11.0 Å². The molecule has 2 rings (SSSR count). The molecule has 0 bridgehead atoms. The Morgan fingerprint density at radius 3 is 2.26 bits per heavy atom. The third-order valence-corrected chi connectivity index (χ3v) is 3.65. The summed E-state index contributed by atoms with van der Waals surface area (Å²) >= 11 is 0. The second kappa shape index (κ2) is 6.48. The molecular weight excluding hydrogens is 296 g/mol. The van der Waals surface area contributed by atoms with Crippen molar-refractivity contribution < 1.29 is 19.4 Å². The average Bonchev–Trinajstić information content (AvgIpc) is 2.45. The van der Waals surface area contributed by atoms with Gasteiger partial charge >= 0.3 is 12.1 Å². The highest BCUT2D eigenvalue weighted by atomic mass is 16.6. The van der Waals surface area contributed by atoms with Crippen LogP contribution in [0.1, 0.15) is 36.7 Å². The number of carboxylic acids is 1. The highest BCUT2D eigenvalue weighted by molar-refractivity contribution is 5.94. The smallest absolute Gasteiger partial charge is 0.410 e. The van der Waals surface area contributed by atoms with Crippen LogP contribution in [0.3, 0.4) is 0 Å². The number of carboxylic acid groups (broad SMARTS) is 1. The zero-order valence-corrected chi connectivity index (χ0v) is 14.1. The number of ether oxygens (including phenoxy) is 1. The van der Waals surface area contributed by atoms with Crippen LogP contribution in [0.25, 0.3) is 0 Å². The summed E-state index contributed by atoms with van der Waals surface area (Å²) in [7, 11) is 0. The molecule has 1 aromatic carbocycles. The highest BCUT2D eigenvalue weighted by Gasteiger charge is 2.27. The number of carbonyl (C=O) groups is 2. The number of carbonyl (C=O) groups excluding carboxylic acids is 1. The number of rotatable bonds is 2. The second-order valence-corrected chi connectivity index (χ2v) is 6.78. The van der Waals surface area contributed by atoms with Gasteiger partial charge in [0.15, 0.2) is 0 Å². The van der Waals surface area contributed by atoms with Crippen LogP contribution < -0.4 is 4.90 Å². The molecule has 1 heterocycles. The quantitative estimate of drug-likeness (QED) is 0.907. The van der Waals surface area contributed by atoms with Crippen LogP contribution in [0.5, 0.6) is 0 Å². The molecule has 0 saturated carbocycles. The number of hydrogen-bond donors (Lipinski definition) is 1. The van der Waals surface area contributed by atoms with Gasteiger partial charge in [-0.05, 0) is 39.8 Å². The van der Waals surface area contributed by atoms with Crippen molar-refractivity contribution in [2.45, 2.75) is 33.3 Å². The van der Waals surface area contributed by atoms with Crippen molar-refractivity contribution >= 4 is 17.7 Å². The fourth-order valence-corrected chi connectivity index (χ4v) is 2.55. The first-order valence-corrected chi connectivity index (χ1v) is 7.74. The number of anilines is 1. The van der Waals surface area contributed by atoms with Crippen LogP contribution in [-0.2, 0) is 4.74 Å². The average molecular weight is 320 g/mol. The maximum absolute atomic E-state index is 12.1. The van der Waals surface area contributed by atoms with Crippen molar-refractivity contribution in [3.63, 3.8) is 0 Å². The monoisotopic (exact) mass is 320 g/mol. The van der Waals surface area contributed by atoms with Gasteiger partial charge in [-0.1, -0.05) is 11.6 Å². The van der Waals surface area contributed by atoms with E-state index in [4.69, 9.17) is 4.74 Å². The van der Waals surface area contributed by atoms with E-state index >= 15 is 0 Å². The van der Waals surface area contributed by atoms with Crippen molar-refractivity contribution in [2.75, 3.05) is 31.1 Å². The number of aryl methyl sites for hydroxylation is 1. The molecule has 0 spiro atoms. The molecule has 23 heavy (non-hydrogen) atoms. The summed E-state index contributed by atoms with van der Waals surface area (Å²) in [5, 5.41) is 9.38. The van der Waals surface area contributed by atoms with Gasteiger partial charge < -0.3 is 19.6 Å². The first-order valence-electron chi connectivity index (χ1n) is 7.74. The van der Waals surface area contributed by atoms with Crippen molar-refractivity contribution in [3.8, 4) is 0 Å². The second-order valence-electron chi connectivity index (χ2n) is 6.78. The molecule has 0 aromatic heterocycles. The van der Waals surface area contributed by atoms with Crippen LogP contribution in [0, 0.1) is 6.92 Å². The van der Waals surface area contributed by atoms with Gasteiger partial charge in [0.2, 0.25) is 0 Å². The lowest BCUT2D eigenvalue weighted by molar-refractivity contribution is 0.0240. The van der Waals surface area contributed by atoms with E-state index in [0.717, 1.165) is 5.56 Å². The molecule has 1 saturated heterocycles. The fraction of sp³-hybridized carbons (Fsp3) is 0.529. The zero-order chi connectivity index (χ0) is 17.2. The largest absolute Gasteiger partial charge is 0.478 e. The van der Waals surface area contributed by atoms with Crippen LogP contribution >= 0.6 is 0 Å². The van der Waals surface area contributed by atoms with Crippen molar-refractivity contribution in [1.82, 2.24) is 4.90 Å². The first kappa shape index (κ1) is 17.1. The molecular formula is C17H24N2O4. The summed E-state index contributed by atoms with van der Waals surface area (Å²) in [6.45, 7) is 9.59. The van der Waals surface area contributed by atoms with Crippen LogP contribution in [-0.4, -0.2) is 53.8 Å². The Kier molecular flexibility index (Phi) is 4.82. The molecule has 6 nitrogen and oxygen atoms in total. The number of piperazine rings is 1. The molecule has 126 valence electrons. The summed E-state index contributed by atoms with van der Waals surface area (Å²) < 4.78 is 5.37. The van der Waals surface area contributed by atoms with Gasteiger partial charge in [-0.3, -0.25) is 0 Å². The Labute approximate surface area is 136 Å². The first-order chi connectivity index (χ1) is 10.7. The minimum Gasteiger partial charge on any atom is -0.478 e. The molecule has 1 amide bonds. The van der Waals surface area contributed by atoms with Gasteiger partial charge in [-0.15, -0.1) is 0 Å². The lowest BCUT2D eigenvalue weighted by atomic mass is 10.1. The standard InChI is InChI=1S/C17H24N2O4/c1-12-5-6-14(13(11-12)15(20)21)18-7-9-19(10-8-18)16(22)23-17(2,3)4/h5-6,11H,7-10H2,1-4H3,(H,20,21). The van der Waals surface area contributed by atoms with Gasteiger partial charge in [0.05, 0.1) is 11.3 Å². The minimum atomic E-state index is -0.932. The van der Waals surface area contributed by atoms with Crippen LogP contribution in [0.2, 0.25) is 0 Å². The molecule has 0 aliphatic carbocycles. The molecule has 1 N–H and O–H groups in total. The van der Waals surface area contributed by atoms with Gasteiger partial charge in [-0.2, -0.15) is 0 Å². The Morgan fingerprint density at radius 2 is 1.74 bits per heavy atom. The molecule has 0 unspecified atom stereocenters. The van der Waals surface area contributed by atoms with Crippen molar-refractivity contribution in [1.29, 1.82) is 0 Å². The zero-order valence-electron chi connectivity index (χ0n) is 14.1. The van der Waals surface area contributed by atoms with Gasteiger partial charge in [0.25, 0.3) is 0 Å². The number of benzene rings is 1. The number of aromatic carboxylic acids is 1. The molecule has 6 heteroatoms. The van der Waals surface area contributed by atoms with E-state index in [9.17, 15) is 14.7 Å². The third-order valence-electron chi connectivity index (χ3n) is 3.65. The van der Waals surface area contributed by atoms with E-state index in [1.807, 2.05) is 44.7 Å². The summed E-state index contributed by atoms with van der Waals surface area (Å²) in [5.74, 6) is -0.932. The number of nitrogens with zero attached hydrogens (tertiary/aromatic N) is 2. The van der Waals surface area contributed by atoms with Crippen LogP contribution in [0.15, 0.2) is 18.2 Å². The maximum atomic E-state index is 12.1. The Balaban J connectivity index is 2.05. The van der Waals surface area contributed by atoms with Crippen LogP contribution in [0.4, 0.5) is 10.5 Å². The molecule has 1 fully saturated rings. The number of amides is 1. The van der Waals surface area contributed by atoms with Crippen molar-refractivity contribution in [3.05, 3.63) is 29.3 Å². The minimum absolute atomic E-state index is 0.302. The molecule has 0 radical (unpaired) electrons. The topological polar surface area (TPSA) is 70.1 Å². The molecule has 1 aliphatic rings. The lowest BCUT2D eigenvalue weighted by Gasteiger charge is -2.37. The predicted molar refractivity (Wildman–Crippen MR) is 88.2 cm³/mol. The normalized spacial score (nSPS) is 15.5. The van der Waals surface area contributed by atoms with E-state index in [1.165, 1.54) is 0 Å². The molecule has 1 aliphatic heterocycles. The fourth-order valence-electron chi connectivity index (χ4n) is 2.55. The Bertz CT molecular complexity index is 599. The van der Waals surface area contributed by atoms with Gasteiger partial charge in [-0.25, -0.2) is 9.59 Å². The molecule has 1 aromatic rings. The van der Waals surface area contributed by atoms with E-state index < -0.39 is 11.6 Å². The number of hydrogen-bond acceptors (Lipinski definition) is 4. The summed E-state index contributed by atoms with van der Waals surface area (Å²) in [5.41, 5.74) is 1.41. The lowest BCUT2D eigenvalue weighted by Crippen LogP contribution is -2.50. The Hall–Kier alpha value is -2.24. The van der Waals surface area contributed by atoms with Gasteiger partial charge in [0, 0.05) is 26.2 Å². The van der Waals surface area contributed by atoms with E-state index in [-0.39, 0.29) is 6.09 Å². The van der Waals surface area contributed by atoms with E-state index in [2.05, 4.69) is 0 Å². The Morgan fingerprint density at radius 1 is 1.13 bits per heavy atom. The summed E-state index contributed by atoms with van der Waals surface area (Å²) in [6.07, 6.45) is -0.320. The predicted octanol–water partition coefficient (Wildman–Crippen LogP) is 2.75. The summed E-state index contributed by atoms with van der Waals surface area (Å²) in [6, 6.07) is 5.42. The van der Waals surface area contributed by atoms with Crippen molar-refractivity contribution in [2.24, 2.45) is 0 Å². The molecule has 0 atom stereocenters. The highest BCUT2D eigenvalue weighted by Crippen LogP contribution is 2.24. The summed E-state index contributed by atoms with van der Waals surface area (Å²) in [4.78, 5) is 27.2. The SMILES string of the molecule is Cc1ccc(N2CCN(C(=O)OC(C)(C)C)CC2)c(C(=O)O)c1. The van der Waals surface area contributed by atoms with Gasteiger partial charge in [0.1, 0.15) is 5.60 Å².